The van der Waals surface area contributed by atoms with Crippen LogP contribution in [0, 0.1) is 5.92 Å². The second-order valence-corrected chi connectivity index (χ2v) is 6.42. The summed E-state index contributed by atoms with van der Waals surface area (Å²) in [5.41, 5.74) is 1.86. The van der Waals surface area contributed by atoms with Crippen molar-refractivity contribution in [2.45, 2.75) is 12.8 Å². The number of ether oxygens (including phenoxy) is 2. The van der Waals surface area contributed by atoms with Gasteiger partial charge in [0.15, 0.2) is 0 Å². The second kappa shape index (κ2) is 8.58. The van der Waals surface area contributed by atoms with Gasteiger partial charge in [0.25, 0.3) is 0 Å². The lowest BCUT2D eigenvalue weighted by Crippen LogP contribution is -2.37. The highest BCUT2D eigenvalue weighted by Gasteiger charge is 2.37. The molecule has 27 heavy (non-hydrogen) atoms. The molecular formula is C21H24N2O4. The predicted octanol–water partition coefficient (Wildman–Crippen LogP) is 2.42. The van der Waals surface area contributed by atoms with Gasteiger partial charge in [0.2, 0.25) is 11.8 Å². The van der Waals surface area contributed by atoms with Gasteiger partial charge in [-0.1, -0.05) is 18.2 Å². The van der Waals surface area contributed by atoms with E-state index in [1.54, 1.807) is 19.1 Å². The van der Waals surface area contributed by atoms with Crippen molar-refractivity contribution in [1.29, 1.82) is 0 Å². The first kappa shape index (κ1) is 18.8. The number of rotatable bonds is 7. The zero-order valence-corrected chi connectivity index (χ0v) is 15.6. The SMILES string of the molecule is COc1ccc(CCNC(=O)C2CCN(c3cccc(OC)c3)C2=O)cc1. The first-order valence-electron chi connectivity index (χ1n) is 8.98. The third-order valence-electron chi connectivity index (χ3n) is 4.76. The van der Waals surface area contributed by atoms with E-state index in [1.165, 1.54) is 0 Å². The molecule has 1 N–H and O–H groups in total. The monoisotopic (exact) mass is 368 g/mol. The minimum atomic E-state index is -0.632. The van der Waals surface area contributed by atoms with Crippen molar-refractivity contribution >= 4 is 17.5 Å². The van der Waals surface area contributed by atoms with Gasteiger partial charge in [0.1, 0.15) is 17.4 Å². The van der Waals surface area contributed by atoms with Crippen LogP contribution in [0.5, 0.6) is 11.5 Å². The van der Waals surface area contributed by atoms with Crippen LogP contribution >= 0.6 is 0 Å². The highest BCUT2D eigenvalue weighted by atomic mass is 16.5. The average molecular weight is 368 g/mol. The van der Waals surface area contributed by atoms with E-state index in [2.05, 4.69) is 5.32 Å². The van der Waals surface area contributed by atoms with E-state index in [0.29, 0.717) is 31.7 Å². The lowest BCUT2D eigenvalue weighted by Gasteiger charge is -2.17. The van der Waals surface area contributed by atoms with Crippen LogP contribution in [0.1, 0.15) is 12.0 Å². The number of carbonyl (C=O) groups excluding carboxylic acids is 2. The van der Waals surface area contributed by atoms with E-state index in [0.717, 1.165) is 17.0 Å². The number of amides is 2. The van der Waals surface area contributed by atoms with Crippen molar-refractivity contribution in [2.24, 2.45) is 5.92 Å². The number of anilines is 1. The zero-order chi connectivity index (χ0) is 19.2. The fourth-order valence-electron chi connectivity index (χ4n) is 3.20. The van der Waals surface area contributed by atoms with Crippen molar-refractivity contribution in [3.63, 3.8) is 0 Å². The predicted molar refractivity (Wildman–Crippen MR) is 103 cm³/mol. The van der Waals surface area contributed by atoms with Crippen LogP contribution in [-0.4, -0.2) is 39.1 Å². The molecule has 0 radical (unpaired) electrons. The van der Waals surface area contributed by atoms with Crippen LogP contribution < -0.4 is 19.7 Å². The smallest absolute Gasteiger partial charge is 0.239 e. The van der Waals surface area contributed by atoms with Gasteiger partial charge in [-0.15, -0.1) is 0 Å². The molecule has 1 unspecified atom stereocenters. The van der Waals surface area contributed by atoms with Crippen LogP contribution in [0.2, 0.25) is 0 Å². The number of hydrogen-bond donors (Lipinski definition) is 1. The molecule has 0 bridgehead atoms. The van der Waals surface area contributed by atoms with Gasteiger partial charge in [0.05, 0.1) is 14.2 Å². The van der Waals surface area contributed by atoms with Crippen LogP contribution in [0.3, 0.4) is 0 Å². The zero-order valence-electron chi connectivity index (χ0n) is 15.6. The Balaban J connectivity index is 1.53. The lowest BCUT2D eigenvalue weighted by molar-refractivity contribution is -0.132. The van der Waals surface area contributed by atoms with Crippen LogP contribution in [0.4, 0.5) is 5.69 Å². The van der Waals surface area contributed by atoms with Crippen molar-refractivity contribution in [1.82, 2.24) is 5.32 Å². The minimum Gasteiger partial charge on any atom is -0.497 e. The molecule has 1 heterocycles. The molecule has 1 atom stereocenters. The third-order valence-corrected chi connectivity index (χ3v) is 4.76. The Kier molecular flexibility index (Phi) is 5.96. The molecule has 2 aromatic carbocycles. The first-order chi connectivity index (χ1) is 13.1. The summed E-state index contributed by atoms with van der Waals surface area (Å²) < 4.78 is 10.3. The van der Waals surface area contributed by atoms with Gasteiger partial charge in [0, 0.05) is 24.8 Å². The van der Waals surface area contributed by atoms with E-state index in [1.807, 2.05) is 48.5 Å². The Morgan fingerprint density at radius 1 is 1.11 bits per heavy atom. The van der Waals surface area contributed by atoms with Crippen molar-refractivity contribution in [3.05, 3.63) is 54.1 Å². The van der Waals surface area contributed by atoms with Crippen LogP contribution in [0.25, 0.3) is 0 Å². The first-order valence-corrected chi connectivity index (χ1v) is 8.98. The lowest BCUT2D eigenvalue weighted by atomic mass is 10.1. The topological polar surface area (TPSA) is 67.9 Å². The Hall–Kier alpha value is -3.02. The van der Waals surface area contributed by atoms with Gasteiger partial charge in [-0.2, -0.15) is 0 Å². The molecule has 0 aromatic heterocycles. The van der Waals surface area contributed by atoms with Crippen LogP contribution in [0.15, 0.2) is 48.5 Å². The highest BCUT2D eigenvalue weighted by molar-refractivity contribution is 6.09. The summed E-state index contributed by atoms with van der Waals surface area (Å²) in [6, 6.07) is 15.0. The fourth-order valence-corrected chi connectivity index (χ4v) is 3.20. The molecule has 3 rings (SSSR count). The summed E-state index contributed by atoms with van der Waals surface area (Å²) in [7, 11) is 3.21. The molecule has 142 valence electrons. The largest absolute Gasteiger partial charge is 0.497 e. The number of benzene rings is 2. The highest BCUT2D eigenvalue weighted by Crippen LogP contribution is 2.28. The Labute approximate surface area is 159 Å². The Morgan fingerprint density at radius 2 is 1.85 bits per heavy atom. The quantitative estimate of drug-likeness (QED) is 0.762. The van der Waals surface area contributed by atoms with Crippen LogP contribution in [-0.2, 0) is 16.0 Å². The molecule has 6 nitrogen and oxygen atoms in total. The maximum Gasteiger partial charge on any atom is 0.239 e. The van der Waals surface area contributed by atoms with Gasteiger partial charge < -0.3 is 19.7 Å². The van der Waals surface area contributed by atoms with Crippen molar-refractivity contribution in [2.75, 3.05) is 32.2 Å². The Bertz CT molecular complexity index is 804. The maximum atomic E-state index is 12.7. The van der Waals surface area contributed by atoms with E-state index in [9.17, 15) is 9.59 Å². The minimum absolute atomic E-state index is 0.162. The molecule has 1 saturated heterocycles. The summed E-state index contributed by atoms with van der Waals surface area (Å²) >= 11 is 0. The van der Waals surface area contributed by atoms with E-state index in [-0.39, 0.29) is 11.8 Å². The van der Waals surface area contributed by atoms with E-state index in [4.69, 9.17) is 9.47 Å². The fraction of sp³-hybridized carbons (Fsp3) is 0.333. The van der Waals surface area contributed by atoms with Gasteiger partial charge in [-0.05, 0) is 42.7 Å². The molecule has 2 amide bonds. The van der Waals surface area contributed by atoms with E-state index < -0.39 is 5.92 Å². The van der Waals surface area contributed by atoms with Gasteiger partial charge in [-0.25, -0.2) is 0 Å². The molecule has 0 spiro atoms. The number of nitrogens with zero attached hydrogens (tertiary/aromatic N) is 1. The van der Waals surface area contributed by atoms with Gasteiger partial charge in [-0.3, -0.25) is 9.59 Å². The molecule has 1 aliphatic heterocycles. The second-order valence-electron chi connectivity index (χ2n) is 6.42. The van der Waals surface area contributed by atoms with Crippen molar-refractivity contribution < 1.29 is 19.1 Å². The summed E-state index contributed by atoms with van der Waals surface area (Å²) in [5.74, 6) is 0.487. The number of carbonyl (C=O) groups is 2. The third kappa shape index (κ3) is 4.39. The number of hydrogen-bond acceptors (Lipinski definition) is 4. The molecule has 1 aliphatic rings. The van der Waals surface area contributed by atoms with Gasteiger partial charge >= 0.3 is 0 Å². The molecule has 1 fully saturated rings. The summed E-state index contributed by atoms with van der Waals surface area (Å²) in [5, 5.41) is 2.88. The summed E-state index contributed by atoms with van der Waals surface area (Å²) in [4.78, 5) is 26.8. The number of nitrogens with one attached hydrogen (secondary N) is 1. The molecule has 0 saturated carbocycles. The van der Waals surface area contributed by atoms with Crippen molar-refractivity contribution in [3.8, 4) is 11.5 Å². The molecule has 0 aliphatic carbocycles. The molecular weight excluding hydrogens is 344 g/mol. The normalized spacial score (nSPS) is 16.3. The number of methoxy groups -OCH3 is 2. The van der Waals surface area contributed by atoms with E-state index >= 15 is 0 Å². The summed E-state index contributed by atoms with van der Waals surface area (Å²) in [6.45, 7) is 1.02. The molecule has 2 aromatic rings. The Morgan fingerprint density at radius 3 is 2.56 bits per heavy atom. The maximum absolute atomic E-state index is 12.7. The molecule has 6 heteroatoms. The average Bonchev–Trinajstić information content (AvgIpc) is 3.10. The standard InChI is InChI=1S/C21H24N2O4/c1-26-17-8-6-15(7-9-17)10-12-22-20(24)19-11-13-23(21(19)25)16-4-3-5-18(14-16)27-2/h3-9,14,19H,10-13H2,1-2H3,(H,22,24). The summed E-state index contributed by atoms with van der Waals surface area (Å²) in [6.07, 6.45) is 1.22.